The van der Waals surface area contributed by atoms with Crippen LogP contribution in [0.4, 0.5) is 10.1 Å². The highest BCUT2D eigenvalue weighted by molar-refractivity contribution is 7.92. The van der Waals surface area contributed by atoms with E-state index in [2.05, 4.69) is 4.72 Å². The Balaban J connectivity index is 2.47. The van der Waals surface area contributed by atoms with Crippen molar-refractivity contribution in [3.8, 4) is 0 Å². The third kappa shape index (κ3) is 3.74. The SMILES string of the molecule is Cc1ccc(S(=O)(=O)N(C)C)cc1NS(=O)(=O)c1cccc(F)c1. The van der Waals surface area contributed by atoms with Crippen molar-refractivity contribution in [1.29, 1.82) is 0 Å². The van der Waals surface area contributed by atoms with Crippen molar-refractivity contribution in [1.82, 2.24) is 4.31 Å². The molecular formula is C15H17FN2O4S2. The summed E-state index contributed by atoms with van der Waals surface area (Å²) in [5.74, 6) is -0.682. The summed E-state index contributed by atoms with van der Waals surface area (Å²) >= 11 is 0. The zero-order valence-corrected chi connectivity index (χ0v) is 14.9. The van der Waals surface area contributed by atoms with Crippen LogP contribution in [-0.4, -0.2) is 35.2 Å². The zero-order valence-electron chi connectivity index (χ0n) is 13.3. The lowest BCUT2D eigenvalue weighted by atomic mass is 10.2. The van der Waals surface area contributed by atoms with Gasteiger partial charge in [-0.3, -0.25) is 4.72 Å². The summed E-state index contributed by atoms with van der Waals surface area (Å²) in [6.07, 6.45) is 0. The number of benzene rings is 2. The van der Waals surface area contributed by atoms with Gasteiger partial charge < -0.3 is 0 Å². The molecular weight excluding hydrogens is 355 g/mol. The van der Waals surface area contributed by atoms with E-state index < -0.39 is 25.9 Å². The van der Waals surface area contributed by atoms with Crippen molar-refractivity contribution in [3.63, 3.8) is 0 Å². The maximum Gasteiger partial charge on any atom is 0.262 e. The molecule has 0 unspecified atom stereocenters. The van der Waals surface area contributed by atoms with E-state index in [1.807, 2.05) is 0 Å². The molecule has 0 aliphatic heterocycles. The van der Waals surface area contributed by atoms with Gasteiger partial charge in [0.25, 0.3) is 10.0 Å². The van der Waals surface area contributed by atoms with Crippen molar-refractivity contribution in [3.05, 3.63) is 53.8 Å². The molecule has 2 aromatic carbocycles. The number of hydrogen-bond acceptors (Lipinski definition) is 4. The zero-order chi connectivity index (χ0) is 18.1. The summed E-state index contributed by atoms with van der Waals surface area (Å²) in [5.41, 5.74) is 0.648. The van der Waals surface area contributed by atoms with Crippen molar-refractivity contribution < 1.29 is 21.2 Å². The van der Waals surface area contributed by atoms with Crippen molar-refractivity contribution in [2.75, 3.05) is 18.8 Å². The lowest BCUT2D eigenvalue weighted by molar-refractivity contribution is 0.520. The number of halogens is 1. The predicted octanol–water partition coefficient (Wildman–Crippen LogP) is 2.19. The number of aryl methyl sites for hydroxylation is 1. The fourth-order valence-electron chi connectivity index (χ4n) is 1.92. The van der Waals surface area contributed by atoms with E-state index in [0.717, 1.165) is 16.4 Å². The Hall–Kier alpha value is -1.97. The van der Waals surface area contributed by atoms with Crippen LogP contribution >= 0.6 is 0 Å². The van der Waals surface area contributed by atoms with Gasteiger partial charge in [-0.1, -0.05) is 12.1 Å². The molecule has 0 radical (unpaired) electrons. The quantitative estimate of drug-likeness (QED) is 0.872. The van der Waals surface area contributed by atoms with Crippen molar-refractivity contribution in [2.24, 2.45) is 0 Å². The fraction of sp³-hybridized carbons (Fsp3) is 0.200. The highest BCUT2D eigenvalue weighted by Gasteiger charge is 2.21. The van der Waals surface area contributed by atoms with E-state index in [-0.39, 0.29) is 15.5 Å². The molecule has 0 aliphatic carbocycles. The molecule has 0 saturated carbocycles. The Labute approximate surface area is 141 Å². The van der Waals surface area contributed by atoms with Crippen LogP contribution < -0.4 is 4.72 Å². The molecule has 0 fully saturated rings. The molecule has 2 rings (SSSR count). The van der Waals surface area contributed by atoms with Crippen LogP contribution in [0.1, 0.15) is 5.56 Å². The summed E-state index contributed by atoms with van der Waals surface area (Å²) in [5, 5.41) is 0. The smallest absolute Gasteiger partial charge is 0.262 e. The average Bonchev–Trinajstić information content (AvgIpc) is 2.49. The lowest BCUT2D eigenvalue weighted by Gasteiger charge is -2.15. The Kier molecular flexibility index (Phi) is 4.97. The fourth-order valence-corrected chi connectivity index (χ4v) is 4.00. The van der Waals surface area contributed by atoms with Gasteiger partial charge in [-0.15, -0.1) is 0 Å². The summed E-state index contributed by atoms with van der Waals surface area (Å²) in [6, 6.07) is 8.68. The predicted molar refractivity (Wildman–Crippen MR) is 89.3 cm³/mol. The Bertz CT molecular complexity index is 971. The monoisotopic (exact) mass is 372 g/mol. The first-order valence-corrected chi connectivity index (χ1v) is 9.78. The van der Waals surface area contributed by atoms with Crippen LogP contribution in [0.25, 0.3) is 0 Å². The molecule has 0 bridgehead atoms. The van der Waals surface area contributed by atoms with Gasteiger partial charge in [-0.25, -0.2) is 25.5 Å². The summed E-state index contributed by atoms with van der Waals surface area (Å²) in [7, 11) is -4.98. The van der Waals surface area contributed by atoms with Gasteiger partial charge in [0, 0.05) is 14.1 Å². The standard InChI is InChI=1S/C15H17FN2O4S2/c1-11-7-8-14(24(21,22)18(2)3)10-15(11)17-23(19,20)13-6-4-5-12(16)9-13/h4-10,17H,1-3H3. The number of anilines is 1. The van der Waals surface area contributed by atoms with E-state index in [9.17, 15) is 21.2 Å². The van der Waals surface area contributed by atoms with E-state index >= 15 is 0 Å². The van der Waals surface area contributed by atoms with Crippen molar-refractivity contribution >= 4 is 25.7 Å². The van der Waals surface area contributed by atoms with E-state index in [4.69, 9.17) is 0 Å². The molecule has 0 atom stereocenters. The average molecular weight is 372 g/mol. The van der Waals surface area contributed by atoms with Gasteiger partial charge in [0.2, 0.25) is 10.0 Å². The minimum absolute atomic E-state index is 0.0463. The topological polar surface area (TPSA) is 83.6 Å². The lowest BCUT2D eigenvalue weighted by Crippen LogP contribution is -2.22. The second kappa shape index (κ2) is 6.50. The first-order chi connectivity index (χ1) is 11.0. The van der Waals surface area contributed by atoms with E-state index in [0.29, 0.717) is 5.56 Å². The second-order valence-corrected chi connectivity index (χ2v) is 9.16. The van der Waals surface area contributed by atoms with Crippen molar-refractivity contribution in [2.45, 2.75) is 16.7 Å². The van der Waals surface area contributed by atoms with Gasteiger partial charge in [0.1, 0.15) is 5.82 Å². The van der Waals surface area contributed by atoms with Crippen LogP contribution in [0, 0.1) is 12.7 Å². The van der Waals surface area contributed by atoms with Crippen LogP contribution in [-0.2, 0) is 20.0 Å². The minimum atomic E-state index is -4.04. The molecule has 0 amide bonds. The van der Waals surface area contributed by atoms with E-state index in [1.54, 1.807) is 6.92 Å². The van der Waals surface area contributed by atoms with Gasteiger partial charge in [-0.2, -0.15) is 0 Å². The third-order valence-corrected chi connectivity index (χ3v) is 6.51. The molecule has 1 N–H and O–H groups in total. The first-order valence-electron chi connectivity index (χ1n) is 6.85. The second-order valence-electron chi connectivity index (χ2n) is 5.33. The molecule has 0 heterocycles. The molecule has 0 spiro atoms. The maximum atomic E-state index is 13.2. The summed E-state index contributed by atoms with van der Waals surface area (Å²) < 4.78 is 65.7. The largest absolute Gasteiger partial charge is 0.279 e. The number of sulfonamides is 2. The van der Waals surface area contributed by atoms with Crippen LogP contribution in [0.5, 0.6) is 0 Å². The number of rotatable bonds is 5. The number of nitrogens with zero attached hydrogens (tertiary/aromatic N) is 1. The molecule has 6 nitrogen and oxygen atoms in total. The van der Waals surface area contributed by atoms with Gasteiger partial charge >= 0.3 is 0 Å². The number of hydrogen-bond donors (Lipinski definition) is 1. The Morgan fingerprint density at radius 1 is 0.958 bits per heavy atom. The molecule has 0 aliphatic rings. The number of nitrogens with one attached hydrogen (secondary N) is 1. The summed E-state index contributed by atoms with van der Waals surface area (Å²) in [4.78, 5) is -0.294. The molecule has 2 aromatic rings. The van der Waals surface area contributed by atoms with Crippen LogP contribution in [0.15, 0.2) is 52.3 Å². The Morgan fingerprint density at radius 2 is 1.62 bits per heavy atom. The van der Waals surface area contributed by atoms with Crippen LogP contribution in [0.3, 0.4) is 0 Å². The van der Waals surface area contributed by atoms with Gasteiger partial charge in [0.05, 0.1) is 15.5 Å². The molecule has 130 valence electrons. The highest BCUT2D eigenvalue weighted by Crippen LogP contribution is 2.24. The van der Waals surface area contributed by atoms with Crippen LogP contribution in [0.2, 0.25) is 0 Å². The maximum absolute atomic E-state index is 13.2. The Morgan fingerprint density at radius 3 is 2.21 bits per heavy atom. The molecule has 0 saturated heterocycles. The first kappa shape index (κ1) is 18.4. The molecule has 9 heteroatoms. The van der Waals surface area contributed by atoms with Gasteiger partial charge in [0.15, 0.2) is 0 Å². The van der Waals surface area contributed by atoms with Gasteiger partial charge in [-0.05, 0) is 42.8 Å². The molecule has 24 heavy (non-hydrogen) atoms. The minimum Gasteiger partial charge on any atom is -0.279 e. The summed E-state index contributed by atoms with van der Waals surface area (Å²) in [6.45, 7) is 1.63. The third-order valence-electron chi connectivity index (χ3n) is 3.34. The molecule has 0 aromatic heterocycles. The normalized spacial score (nSPS) is 12.4. The van der Waals surface area contributed by atoms with E-state index in [1.165, 1.54) is 44.4 Å². The highest BCUT2D eigenvalue weighted by atomic mass is 32.2.